The van der Waals surface area contributed by atoms with Crippen molar-refractivity contribution in [1.82, 2.24) is 4.57 Å². The van der Waals surface area contributed by atoms with E-state index in [0.29, 0.717) is 5.52 Å². The summed E-state index contributed by atoms with van der Waals surface area (Å²) in [6, 6.07) is 24.4. The van der Waals surface area contributed by atoms with Gasteiger partial charge in [0.1, 0.15) is 5.54 Å². The van der Waals surface area contributed by atoms with E-state index < -0.39 is 23.2 Å². The third kappa shape index (κ3) is 2.82. The smallest absolute Gasteiger partial charge is 0.325 e. The third-order valence-corrected chi connectivity index (χ3v) is 7.05. The largest absolute Gasteiger partial charge is 0.418 e. The van der Waals surface area contributed by atoms with Gasteiger partial charge in [-0.2, -0.15) is 13.2 Å². The summed E-state index contributed by atoms with van der Waals surface area (Å²) < 4.78 is 46.1. The number of hydrogen-bond donors (Lipinski definition) is 0. The molecule has 1 unspecified atom stereocenters. The molecule has 3 aromatic carbocycles. The fourth-order valence-electron chi connectivity index (χ4n) is 5.67. The van der Waals surface area contributed by atoms with Crippen molar-refractivity contribution >= 4 is 22.5 Å². The van der Waals surface area contributed by atoms with Crippen molar-refractivity contribution in [3.05, 3.63) is 142 Å². The van der Waals surface area contributed by atoms with Gasteiger partial charge in [0.15, 0.2) is 0 Å². The molecule has 0 saturated heterocycles. The first kappa shape index (κ1) is 21.1. The molecule has 2 aliphatic rings. The van der Waals surface area contributed by atoms with Crippen molar-refractivity contribution in [2.24, 2.45) is 0 Å². The second kappa shape index (κ2) is 7.51. The van der Waals surface area contributed by atoms with Crippen LogP contribution in [0.2, 0.25) is 5.02 Å². The summed E-state index contributed by atoms with van der Waals surface area (Å²) in [5.74, 6) is -0.557. The van der Waals surface area contributed by atoms with Gasteiger partial charge in [0.05, 0.1) is 11.1 Å². The maximum atomic E-state index is 14.7. The summed E-state index contributed by atoms with van der Waals surface area (Å²) >= 11 is 6.22. The Morgan fingerprint density at radius 2 is 1.44 bits per heavy atom. The molecule has 0 bridgehead atoms. The normalized spacial score (nSPS) is 18.5. The minimum atomic E-state index is -4.55. The highest BCUT2D eigenvalue weighted by molar-refractivity contribution is 6.31. The minimum Gasteiger partial charge on any atom is -0.325 e. The second-order valence-electron chi connectivity index (χ2n) is 8.57. The van der Waals surface area contributed by atoms with E-state index in [2.05, 4.69) is 0 Å². The van der Waals surface area contributed by atoms with E-state index in [1.54, 1.807) is 12.1 Å². The Hall–Kier alpha value is -3.50. The number of benzene rings is 3. The topological polar surface area (TPSA) is 4.93 Å². The first-order valence-corrected chi connectivity index (χ1v) is 11.4. The van der Waals surface area contributed by atoms with Crippen molar-refractivity contribution in [1.29, 1.82) is 0 Å². The molecule has 0 amide bonds. The number of fused-ring (bicyclic) bond motifs is 5. The van der Waals surface area contributed by atoms with E-state index in [1.807, 2.05) is 95.6 Å². The van der Waals surface area contributed by atoms with E-state index in [1.165, 1.54) is 6.07 Å². The van der Waals surface area contributed by atoms with E-state index in [0.717, 1.165) is 16.7 Å². The average Bonchev–Trinajstić information content (AvgIpc) is 3.17. The van der Waals surface area contributed by atoms with Crippen LogP contribution in [0, 0.1) is 0 Å². The lowest BCUT2D eigenvalue weighted by Gasteiger charge is -2.36. The molecule has 1 aliphatic carbocycles. The highest BCUT2D eigenvalue weighted by Crippen LogP contribution is 2.59. The van der Waals surface area contributed by atoms with Crippen molar-refractivity contribution in [3.8, 4) is 0 Å². The molecule has 34 heavy (non-hydrogen) atoms. The minimum absolute atomic E-state index is 0.121. The lowest BCUT2D eigenvalue weighted by Crippen LogP contribution is -2.35. The molecule has 1 nitrogen and oxygen atoms in total. The van der Waals surface area contributed by atoms with Crippen molar-refractivity contribution < 1.29 is 13.2 Å². The quantitative estimate of drug-likeness (QED) is 0.276. The molecule has 0 radical (unpaired) electrons. The summed E-state index contributed by atoms with van der Waals surface area (Å²) in [5.41, 5.74) is 1.85. The molecule has 6 rings (SSSR count). The summed E-state index contributed by atoms with van der Waals surface area (Å²) in [4.78, 5) is 0. The molecule has 4 aromatic rings. The highest BCUT2D eigenvalue weighted by Gasteiger charge is 2.55. The Morgan fingerprint density at radius 1 is 0.794 bits per heavy atom. The molecule has 1 aliphatic heterocycles. The molecule has 168 valence electrons. The van der Waals surface area contributed by atoms with Crippen LogP contribution in [0.3, 0.4) is 0 Å². The van der Waals surface area contributed by atoms with Gasteiger partial charge < -0.3 is 4.57 Å². The Labute approximate surface area is 200 Å². The zero-order valence-electron chi connectivity index (χ0n) is 17.9. The number of alkyl halides is 3. The number of rotatable bonds is 2. The Balaban J connectivity index is 1.88. The van der Waals surface area contributed by atoms with Crippen LogP contribution in [0.15, 0.2) is 115 Å². The van der Waals surface area contributed by atoms with Crippen LogP contribution in [-0.4, -0.2) is 4.57 Å². The van der Waals surface area contributed by atoms with Gasteiger partial charge in [-0.1, -0.05) is 103 Å². The van der Waals surface area contributed by atoms with Gasteiger partial charge in [-0.15, -0.1) is 0 Å². The van der Waals surface area contributed by atoms with Gasteiger partial charge in [-0.3, -0.25) is 0 Å². The number of allylic oxidation sites excluding steroid dienone is 6. The van der Waals surface area contributed by atoms with Crippen LogP contribution in [0.5, 0.6) is 0 Å². The Morgan fingerprint density at radius 3 is 2.06 bits per heavy atom. The summed E-state index contributed by atoms with van der Waals surface area (Å²) in [5, 5.41) is 0.400. The van der Waals surface area contributed by atoms with Crippen molar-refractivity contribution in [2.45, 2.75) is 17.6 Å². The fraction of sp³-hybridized carbons (Fsp3) is 0.103. The molecule has 1 aromatic heterocycles. The van der Waals surface area contributed by atoms with Crippen molar-refractivity contribution in [2.75, 3.05) is 0 Å². The summed E-state index contributed by atoms with van der Waals surface area (Å²) in [6.45, 7) is 0. The number of halogens is 4. The predicted molar refractivity (Wildman–Crippen MR) is 130 cm³/mol. The third-order valence-electron chi connectivity index (χ3n) is 6.82. The monoisotopic (exact) mass is 473 g/mol. The summed E-state index contributed by atoms with van der Waals surface area (Å²) in [7, 11) is 0. The van der Waals surface area contributed by atoms with Crippen molar-refractivity contribution in [3.63, 3.8) is 0 Å². The molecular weight excluding hydrogens is 455 g/mol. The standard InChI is InChI=1S/C29H19ClF3N/c30-21-16-17-25-23(18-21)26(29(31,32)33)27-22-14-8-3-9-15-24(22)28(34(25)27,19-10-4-1-5-11-19)20-12-6-2-7-13-20/h1-18,22H. The van der Waals surface area contributed by atoms with E-state index in [4.69, 9.17) is 11.6 Å². The van der Waals surface area contributed by atoms with Gasteiger partial charge in [-0.25, -0.2) is 0 Å². The molecule has 0 fully saturated rings. The van der Waals surface area contributed by atoms with Crippen LogP contribution in [0.4, 0.5) is 13.2 Å². The van der Waals surface area contributed by atoms with Crippen LogP contribution >= 0.6 is 11.6 Å². The zero-order valence-corrected chi connectivity index (χ0v) is 18.7. The van der Waals surface area contributed by atoms with Gasteiger partial charge in [0, 0.05) is 22.0 Å². The molecule has 2 heterocycles. The second-order valence-corrected chi connectivity index (χ2v) is 9.00. The van der Waals surface area contributed by atoms with E-state index in [9.17, 15) is 13.2 Å². The molecular formula is C29H19ClF3N. The van der Waals surface area contributed by atoms with Gasteiger partial charge in [-0.05, 0) is 34.9 Å². The fourth-order valence-corrected chi connectivity index (χ4v) is 5.85. The molecule has 0 spiro atoms. The maximum absolute atomic E-state index is 14.7. The zero-order chi connectivity index (χ0) is 23.5. The Bertz CT molecular complexity index is 1450. The Kier molecular flexibility index (Phi) is 4.65. The first-order valence-electron chi connectivity index (χ1n) is 11.0. The van der Waals surface area contributed by atoms with Crippen LogP contribution in [0.1, 0.15) is 28.3 Å². The van der Waals surface area contributed by atoms with E-state index in [-0.39, 0.29) is 16.1 Å². The highest BCUT2D eigenvalue weighted by atomic mass is 35.5. The van der Waals surface area contributed by atoms with Crippen LogP contribution < -0.4 is 0 Å². The van der Waals surface area contributed by atoms with Gasteiger partial charge >= 0.3 is 6.18 Å². The van der Waals surface area contributed by atoms with Crippen LogP contribution in [0.25, 0.3) is 10.9 Å². The molecule has 0 N–H and O–H groups in total. The lowest BCUT2D eigenvalue weighted by atomic mass is 9.74. The molecule has 0 saturated carbocycles. The predicted octanol–water partition coefficient (Wildman–Crippen LogP) is 8.26. The number of nitrogens with zero attached hydrogens (tertiary/aromatic N) is 1. The molecule has 5 heteroatoms. The summed E-state index contributed by atoms with van der Waals surface area (Å²) in [6.07, 6.45) is 4.89. The number of hydrogen-bond acceptors (Lipinski definition) is 0. The van der Waals surface area contributed by atoms with Crippen LogP contribution in [-0.2, 0) is 11.7 Å². The SMILES string of the molecule is FC(F)(F)c1c2n(c3ccc(Cl)cc13)C(c1ccccc1)(c1ccccc1)C1=CC=CC=CC12. The lowest BCUT2D eigenvalue weighted by molar-refractivity contribution is -0.137. The molecule has 1 atom stereocenters. The maximum Gasteiger partial charge on any atom is 0.418 e. The van der Waals surface area contributed by atoms with Gasteiger partial charge in [0.25, 0.3) is 0 Å². The average molecular weight is 474 g/mol. The van der Waals surface area contributed by atoms with E-state index >= 15 is 0 Å². The number of aromatic nitrogens is 1. The first-order chi connectivity index (χ1) is 16.4. The van der Waals surface area contributed by atoms with Gasteiger partial charge in [0.2, 0.25) is 0 Å².